The van der Waals surface area contributed by atoms with Crippen molar-refractivity contribution in [3.8, 4) is 5.69 Å². The van der Waals surface area contributed by atoms with E-state index in [0.29, 0.717) is 22.5 Å². The largest absolute Gasteiger partial charge is 0.295 e. The lowest BCUT2D eigenvalue weighted by Gasteiger charge is -2.14. The van der Waals surface area contributed by atoms with Gasteiger partial charge in [-0.3, -0.25) is 14.7 Å². The number of nitrogens with zero attached hydrogens (tertiary/aromatic N) is 3. The zero-order chi connectivity index (χ0) is 20.7. The highest BCUT2D eigenvalue weighted by molar-refractivity contribution is 6.32. The monoisotopic (exact) mass is 386 g/mol. The summed E-state index contributed by atoms with van der Waals surface area (Å²) in [5.74, 6) is -0.237. The van der Waals surface area contributed by atoms with Crippen LogP contribution in [0.25, 0.3) is 11.8 Å². The van der Waals surface area contributed by atoms with E-state index in [0.717, 1.165) is 22.5 Å². The Bertz CT molecular complexity index is 1230. The average molecular weight is 386 g/mol. The van der Waals surface area contributed by atoms with Crippen LogP contribution in [-0.2, 0) is 4.79 Å². The molecule has 2 heterocycles. The van der Waals surface area contributed by atoms with E-state index in [-0.39, 0.29) is 11.5 Å². The zero-order valence-electron chi connectivity index (χ0n) is 16.9. The van der Waals surface area contributed by atoms with Crippen molar-refractivity contribution in [1.29, 1.82) is 0 Å². The van der Waals surface area contributed by atoms with Crippen molar-refractivity contribution in [2.24, 2.45) is 5.10 Å². The van der Waals surface area contributed by atoms with Gasteiger partial charge in [-0.2, -0.15) is 10.1 Å². The predicted octanol–water partition coefficient (Wildman–Crippen LogP) is 3.90. The number of carbonyl (C=O) groups excluding carboxylic acids is 1. The van der Waals surface area contributed by atoms with Gasteiger partial charge in [0.15, 0.2) is 0 Å². The van der Waals surface area contributed by atoms with Crippen LogP contribution in [0.5, 0.6) is 0 Å². The van der Waals surface area contributed by atoms with Gasteiger partial charge in [-0.1, -0.05) is 35.9 Å². The number of aryl methyl sites for hydroxylation is 3. The van der Waals surface area contributed by atoms with Gasteiger partial charge in [-0.15, -0.1) is 0 Å². The van der Waals surface area contributed by atoms with Crippen LogP contribution >= 0.6 is 0 Å². The number of H-pyrrole nitrogens is 1. The fourth-order valence-electron chi connectivity index (χ4n) is 3.40. The number of aromatic nitrogens is 2. The number of nitrogens with one attached hydrogen (secondary N) is 1. The van der Waals surface area contributed by atoms with E-state index in [4.69, 9.17) is 0 Å². The fourth-order valence-corrected chi connectivity index (χ4v) is 3.40. The van der Waals surface area contributed by atoms with E-state index >= 15 is 0 Å². The zero-order valence-corrected chi connectivity index (χ0v) is 16.9. The molecule has 1 aliphatic heterocycles. The van der Waals surface area contributed by atoms with Gasteiger partial charge in [-0.05, 0) is 57.5 Å². The summed E-state index contributed by atoms with van der Waals surface area (Å²) in [5, 5.41) is 8.92. The van der Waals surface area contributed by atoms with Crippen LogP contribution < -0.4 is 10.6 Å². The molecule has 1 aliphatic rings. The average Bonchev–Trinajstić information content (AvgIpc) is 3.14. The molecule has 1 aromatic heterocycles. The van der Waals surface area contributed by atoms with Crippen molar-refractivity contribution in [3.63, 3.8) is 0 Å². The molecule has 4 rings (SSSR count). The Morgan fingerprint density at radius 3 is 2.31 bits per heavy atom. The molecule has 0 saturated heterocycles. The molecule has 0 radical (unpaired) electrons. The van der Waals surface area contributed by atoms with E-state index in [2.05, 4.69) is 10.2 Å². The Morgan fingerprint density at radius 2 is 1.62 bits per heavy atom. The van der Waals surface area contributed by atoms with Crippen molar-refractivity contribution in [2.75, 3.05) is 5.01 Å². The Morgan fingerprint density at radius 1 is 0.931 bits per heavy atom. The molecular formula is C23H22N4O2. The maximum atomic E-state index is 13.0. The second kappa shape index (κ2) is 7.05. The van der Waals surface area contributed by atoms with Gasteiger partial charge in [0.1, 0.15) is 0 Å². The molecule has 6 heteroatoms. The maximum absolute atomic E-state index is 13.0. The van der Waals surface area contributed by atoms with Crippen LogP contribution in [0.15, 0.2) is 64.0 Å². The van der Waals surface area contributed by atoms with Gasteiger partial charge >= 0.3 is 0 Å². The first-order chi connectivity index (χ1) is 13.9. The Hall–Kier alpha value is -3.67. The van der Waals surface area contributed by atoms with Crippen molar-refractivity contribution in [1.82, 2.24) is 9.78 Å². The first-order valence-electron chi connectivity index (χ1n) is 9.43. The Labute approximate surface area is 168 Å². The number of carbonyl (C=O) groups is 1. The lowest BCUT2D eigenvalue weighted by molar-refractivity contribution is -0.114. The normalized spacial score (nSPS) is 15.3. The van der Waals surface area contributed by atoms with Gasteiger partial charge in [0.2, 0.25) is 0 Å². The van der Waals surface area contributed by atoms with Crippen molar-refractivity contribution in [2.45, 2.75) is 27.7 Å². The van der Waals surface area contributed by atoms with Crippen LogP contribution in [0, 0.1) is 20.8 Å². The molecule has 6 nitrogen and oxygen atoms in total. The molecule has 3 aromatic rings. The number of aromatic amines is 1. The second-order valence-corrected chi connectivity index (χ2v) is 7.27. The first kappa shape index (κ1) is 18.7. The smallest absolute Gasteiger partial charge is 0.280 e. The molecule has 0 fully saturated rings. The van der Waals surface area contributed by atoms with Gasteiger partial charge in [0, 0.05) is 5.69 Å². The second-order valence-electron chi connectivity index (χ2n) is 7.27. The van der Waals surface area contributed by atoms with Gasteiger partial charge < -0.3 is 0 Å². The molecular weight excluding hydrogens is 364 g/mol. The lowest BCUT2D eigenvalue weighted by Crippen LogP contribution is -2.22. The van der Waals surface area contributed by atoms with Crippen LogP contribution in [0.1, 0.15) is 29.3 Å². The standard InChI is InChI=1S/C23H22N4O2/c1-14-9-11-18(12-10-14)26-22(28)19(16(3)24-26)13-20-17(4)25-27(23(20)29)21-8-6-5-7-15(21)2/h5-13,24H,1-4H3/b20-13+. The van der Waals surface area contributed by atoms with Crippen molar-refractivity contribution >= 4 is 23.4 Å². The topological polar surface area (TPSA) is 70.5 Å². The molecule has 0 saturated carbocycles. The van der Waals surface area contributed by atoms with E-state index in [1.165, 1.54) is 9.69 Å². The molecule has 0 aliphatic carbocycles. The third kappa shape index (κ3) is 3.23. The fraction of sp³-hybridized carbons (Fsp3) is 0.174. The number of hydrogen-bond donors (Lipinski definition) is 1. The summed E-state index contributed by atoms with van der Waals surface area (Å²) in [6, 6.07) is 15.3. The van der Waals surface area contributed by atoms with E-state index < -0.39 is 0 Å². The number of benzene rings is 2. The maximum Gasteiger partial charge on any atom is 0.280 e. The number of amides is 1. The highest BCUT2D eigenvalue weighted by atomic mass is 16.2. The Kier molecular flexibility index (Phi) is 4.54. The number of rotatable bonds is 3. The van der Waals surface area contributed by atoms with E-state index in [1.807, 2.05) is 69.3 Å². The Balaban J connectivity index is 1.75. The minimum Gasteiger partial charge on any atom is -0.295 e. The summed E-state index contributed by atoms with van der Waals surface area (Å²) in [6.07, 6.45) is 1.64. The van der Waals surface area contributed by atoms with Gasteiger partial charge in [0.05, 0.1) is 28.2 Å². The summed E-state index contributed by atoms with van der Waals surface area (Å²) in [5.41, 5.74) is 5.51. The number of anilines is 1. The third-order valence-electron chi connectivity index (χ3n) is 5.10. The van der Waals surface area contributed by atoms with Crippen LogP contribution in [0.3, 0.4) is 0 Å². The predicted molar refractivity (Wildman–Crippen MR) is 116 cm³/mol. The molecule has 1 N–H and O–H groups in total. The summed E-state index contributed by atoms with van der Waals surface area (Å²) < 4.78 is 1.49. The van der Waals surface area contributed by atoms with E-state index in [1.54, 1.807) is 13.0 Å². The van der Waals surface area contributed by atoms with E-state index in [9.17, 15) is 9.59 Å². The molecule has 2 aromatic carbocycles. The molecule has 146 valence electrons. The lowest BCUT2D eigenvalue weighted by atomic mass is 10.1. The molecule has 0 bridgehead atoms. The molecule has 0 spiro atoms. The minimum atomic E-state index is -0.237. The molecule has 0 unspecified atom stereocenters. The highest BCUT2D eigenvalue weighted by Gasteiger charge is 2.30. The number of para-hydroxylation sites is 1. The minimum absolute atomic E-state index is 0.200. The summed E-state index contributed by atoms with van der Waals surface area (Å²) >= 11 is 0. The molecule has 0 atom stereocenters. The highest BCUT2D eigenvalue weighted by Crippen LogP contribution is 2.27. The molecule has 29 heavy (non-hydrogen) atoms. The van der Waals surface area contributed by atoms with Crippen molar-refractivity contribution in [3.05, 3.63) is 86.8 Å². The van der Waals surface area contributed by atoms with Gasteiger partial charge in [-0.25, -0.2) is 4.68 Å². The summed E-state index contributed by atoms with van der Waals surface area (Å²) in [6.45, 7) is 7.54. The summed E-state index contributed by atoms with van der Waals surface area (Å²) in [4.78, 5) is 26.0. The summed E-state index contributed by atoms with van der Waals surface area (Å²) in [7, 11) is 0. The van der Waals surface area contributed by atoms with Crippen LogP contribution in [0.2, 0.25) is 0 Å². The number of hydrazone groups is 1. The SMILES string of the molecule is CC1=NN(c2ccccc2C)C(=O)/C1=C/c1c(C)[nH]n(-c2ccc(C)cc2)c1=O. The van der Waals surface area contributed by atoms with Gasteiger partial charge in [0.25, 0.3) is 11.5 Å². The molecule has 1 amide bonds. The number of hydrogen-bond acceptors (Lipinski definition) is 3. The quantitative estimate of drug-likeness (QED) is 0.694. The van der Waals surface area contributed by atoms with Crippen LogP contribution in [0.4, 0.5) is 5.69 Å². The van der Waals surface area contributed by atoms with Crippen molar-refractivity contribution < 1.29 is 4.79 Å². The van der Waals surface area contributed by atoms with Crippen LogP contribution in [-0.4, -0.2) is 21.4 Å². The third-order valence-corrected chi connectivity index (χ3v) is 5.10. The first-order valence-corrected chi connectivity index (χ1v) is 9.43.